The van der Waals surface area contributed by atoms with Crippen LogP contribution >= 0.6 is 9.03 Å². The van der Waals surface area contributed by atoms with Gasteiger partial charge in [0.05, 0.1) is 0 Å². The molecule has 2 rings (SSSR count). The van der Waals surface area contributed by atoms with Gasteiger partial charge in [-0.3, -0.25) is 0 Å². The Bertz CT molecular complexity index is 652. The van der Waals surface area contributed by atoms with E-state index in [9.17, 15) is 0 Å². The van der Waals surface area contributed by atoms with Crippen LogP contribution in [0.1, 0.15) is 52.7 Å². The number of rotatable bonds is 4. The third kappa shape index (κ3) is 3.23. The zero-order valence-electron chi connectivity index (χ0n) is 15.6. The lowest BCUT2D eigenvalue weighted by molar-refractivity contribution is 0.0906. The zero-order chi connectivity index (χ0) is 18.0. The third-order valence-corrected chi connectivity index (χ3v) is 5.21. The van der Waals surface area contributed by atoms with Crippen LogP contribution in [0.5, 0.6) is 5.75 Å². The van der Waals surface area contributed by atoms with Gasteiger partial charge in [-0.15, -0.1) is 0 Å². The van der Waals surface area contributed by atoms with Gasteiger partial charge in [-0.1, -0.05) is 84.0 Å². The maximum absolute atomic E-state index is 9.16. The van der Waals surface area contributed by atoms with Gasteiger partial charge in [0.2, 0.25) is 9.03 Å². The average Bonchev–Trinajstić information content (AvgIpc) is 2.47. The minimum Gasteiger partial charge on any atom is -0.450 e. The van der Waals surface area contributed by atoms with Crippen molar-refractivity contribution in [3.05, 3.63) is 65.7 Å². The largest absolute Gasteiger partial charge is 0.450 e. The first-order valence-electron chi connectivity index (χ1n) is 8.36. The van der Waals surface area contributed by atoms with E-state index in [0.29, 0.717) is 5.75 Å². The number of hydrogen-bond acceptors (Lipinski definition) is 2. The second-order valence-corrected chi connectivity index (χ2v) is 8.72. The molecule has 130 valence electrons. The molecule has 2 nitrogen and oxygen atoms in total. The molecule has 0 fully saturated rings. The Morgan fingerprint density at radius 1 is 0.750 bits per heavy atom. The van der Waals surface area contributed by atoms with Crippen molar-refractivity contribution in [2.45, 2.75) is 47.0 Å². The van der Waals surface area contributed by atoms with Crippen molar-refractivity contribution in [3.63, 3.8) is 0 Å². The maximum Gasteiger partial charge on any atom is 0.212 e. The van der Waals surface area contributed by atoms with E-state index in [-0.39, 0.29) is 16.2 Å². The van der Waals surface area contributed by atoms with E-state index in [0.717, 1.165) is 0 Å². The summed E-state index contributed by atoms with van der Waals surface area (Å²) >= 11 is 0. The molecule has 24 heavy (non-hydrogen) atoms. The summed E-state index contributed by atoms with van der Waals surface area (Å²) in [6.07, 6.45) is 0. The first-order chi connectivity index (χ1) is 11.1. The normalized spacial score (nSPS) is 13.5. The average molecular weight is 344 g/mol. The van der Waals surface area contributed by atoms with Gasteiger partial charge in [-0.2, -0.15) is 0 Å². The number of hydrogen-bond donors (Lipinski definition) is 1. The van der Waals surface area contributed by atoms with Crippen LogP contribution in [0.15, 0.2) is 54.6 Å². The molecular formula is C21H29O2P. The lowest BCUT2D eigenvalue weighted by Crippen LogP contribution is -2.51. The fourth-order valence-electron chi connectivity index (χ4n) is 4.56. The van der Waals surface area contributed by atoms with E-state index in [1.807, 2.05) is 12.1 Å². The van der Waals surface area contributed by atoms with Crippen LogP contribution < -0.4 is 4.52 Å². The fourth-order valence-corrected chi connectivity index (χ4v) is 4.79. The Morgan fingerprint density at radius 2 is 1.29 bits per heavy atom. The monoisotopic (exact) mass is 344 g/mol. The summed E-state index contributed by atoms with van der Waals surface area (Å²) in [6.45, 7) is 13.8. The zero-order valence-corrected chi connectivity index (χ0v) is 16.6. The Balaban J connectivity index is 2.83. The van der Waals surface area contributed by atoms with Gasteiger partial charge in [-0.25, -0.2) is 0 Å². The Hall–Kier alpha value is -1.37. The van der Waals surface area contributed by atoms with Crippen LogP contribution in [0.2, 0.25) is 0 Å². The van der Waals surface area contributed by atoms with E-state index < -0.39 is 9.03 Å². The molecule has 0 aromatic heterocycles. The predicted octanol–water partition coefficient (Wildman–Crippen LogP) is 5.94. The summed E-state index contributed by atoms with van der Waals surface area (Å²) in [7, 11) is -0.545. The molecule has 0 amide bonds. The molecule has 0 aliphatic rings. The highest BCUT2D eigenvalue weighted by Crippen LogP contribution is 2.57. The molecular weight excluding hydrogens is 315 g/mol. The molecule has 3 heteroatoms. The Labute approximate surface area is 148 Å². The fraction of sp³-hybridized carbons (Fsp3) is 0.429. The first-order valence-corrected chi connectivity index (χ1v) is 9.22. The molecule has 0 saturated heterocycles. The van der Waals surface area contributed by atoms with E-state index >= 15 is 0 Å². The van der Waals surface area contributed by atoms with Gasteiger partial charge in [0.15, 0.2) is 0 Å². The van der Waals surface area contributed by atoms with E-state index in [1.165, 1.54) is 11.1 Å². The van der Waals surface area contributed by atoms with Crippen LogP contribution in [0.4, 0.5) is 0 Å². The van der Waals surface area contributed by atoms with Crippen molar-refractivity contribution in [1.29, 1.82) is 0 Å². The van der Waals surface area contributed by atoms with Gasteiger partial charge in [0.1, 0.15) is 5.75 Å². The van der Waals surface area contributed by atoms with Crippen molar-refractivity contribution >= 4 is 9.03 Å². The minimum atomic E-state index is -0.545. The molecule has 0 radical (unpaired) electrons. The minimum absolute atomic E-state index is 0.0211. The summed E-state index contributed by atoms with van der Waals surface area (Å²) < 4.78 is 5.39. The van der Waals surface area contributed by atoms with Gasteiger partial charge < -0.3 is 9.42 Å². The molecule has 2 aromatic rings. The van der Waals surface area contributed by atoms with Crippen molar-refractivity contribution in [3.8, 4) is 5.75 Å². The van der Waals surface area contributed by atoms with Gasteiger partial charge in [0, 0.05) is 5.41 Å². The molecule has 0 aliphatic carbocycles. The highest BCUT2D eigenvalue weighted by Gasteiger charge is 2.52. The maximum atomic E-state index is 9.16. The number of benzene rings is 2. The summed E-state index contributed by atoms with van der Waals surface area (Å²) in [5.41, 5.74) is 2.26. The van der Waals surface area contributed by atoms with Crippen molar-refractivity contribution in [2.24, 2.45) is 10.8 Å². The second-order valence-electron chi connectivity index (χ2n) is 8.34. The smallest absolute Gasteiger partial charge is 0.212 e. The summed E-state index contributed by atoms with van der Waals surface area (Å²) in [5, 5.41) is 0. The van der Waals surface area contributed by atoms with Crippen LogP contribution in [0.3, 0.4) is 0 Å². The van der Waals surface area contributed by atoms with Crippen LogP contribution in [-0.4, -0.2) is 4.89 Å². The SMILES string of the molecule is CC(C)(C)C(c1ccccc1)(c1cccc(OPO)c1)C(C)(C)C. The highest BCUT2D eigenvalue weighted by atomic mass is 31.1. The van der Waals surface area contributed by atoms with Crippen molar-refractivity contribution in [1.82, 2.24) is 0 Å². The third-order valence-electron chi connectivity index (χ3n) is 4.89. The molecule has 0 spiro atoms. The van der Waals surface area contributed by atoms with Gasteiger partial charge in [0.25, 0.3) is 0 Å². The van der Waals surface area contributed by atoms with Crippen LogP contribution in [-0.2, 0) is 5.41 Å². The molecule has 1 unspecified atom stereocenters. The van der Waals surface area contributed by atoms with Gasteiger partial charge >= 0.3 is 0 Å². The van der Waals surface area contributed by atoms with E-state index in [1.54, 1.807) is 0 Å². The van der Waals surface area contributed by atoms with Crippen molar-refractivity contribution in [2.75, 3.05) is 0 Å². The van der Waals surface area contributed by atoms with Gasteiger partial charge in [-0.05, 0) is 34.1 Å². The topological polar surface area (TPSA) is 29.5 Å². The Kier molecular flexibility index (Phi) is 5.42. The molecule has 1 N–H and O–H groups in total. The van der Waals surface area contributed by atoms with Crippen molar-refractivity contribution < 1.29 is 9.42 Å². The molecule has 0 heterocycles. The standard InChI is InChI=1S/C21H29O2P/c1-19(2,3)21(20(4,5)6,16-11-8-7-9-12-16)17-13-10-14-18(15-17)23-24-22/h7-15,22,24H,1-6H3. The molecule has 0 bridgehead atoms. The first kappa shape index (κ1) is 19.0. The summed E-state index contributed by atoms with van der Waals surface area (Å²) in [6, 6.07) is 18.9. The second kappa shape index (κ2) is 6.86. The lowest BCUT2D eigenvalue weighted by Gasteiger charge is -2.55. The molecule has 1 atom stereocenters. The molecule has 0 saturated carbocycles. The summed E-state index contributed by atoms with van der Waals surface area (Å²) in [5.74, 6) is 0.710. The highest BCUT2D eigenvalue weighted by molar-refractivity contribution is 7.25. The van der Waals surface area contributed by atoms with E-state index in [4.69, 9.17) is 9.42 Å². The quantitative estimate of drug-likeness (QED) is 0.695. The lowest BCUT2D eigenvalue weighted by atomic mass is 9.48. The van der Waals surface area contributed by atoms with Crippen LogP contribution in [0.25, 0.3) is 0 Å². The Morgan fingerprint density at radius 3 is 1.79 bits per heavy atom. The molecule has 2 aromatic carbocycles. The molecule has 0 aliphatic heterocycles. The summed E-state index contributed by atoms with van der Waals surface area (Å²) in [4.78, 5) is 9.16. The van der Waals surface area contributed by atoms with E-state index in [2.05, 4.69) is 84.0 Å². The van der Waals surface area contributed by atoms with Crippen LogP contribution in [0, 0.1) is 10.8 Å². The predicted molar refractivity (Wildman–Crippen MR) is 104 cm³/mol.